The molecule has 0 spiro atoms. The SMILES string of the molecule is COC(=O)CCCCCCCCCC[N+]1(Cc2ccccc2)CCCCC1. The highest BCUT2D eigenvalue weighted by molar-refractivity contribution is 5.68. The van der Waals surface area contributed by atoms with Gasteiger partial charge in [-0.15, -0.1) is 0 Å². The van der Waals surface area contributed by atoms with Gasteiger partial charge >= 0.3 is 5.97 Å². The number of ether oxygens (including phenoxy) is 1. The summed E-state index contributed by atoms with van der Waals surface area (Å²) < 4.78 is 5.99. The number of hydrogen-bond acceptors (Lipinski definition) is 2. The average Bonchev–Trinajstić information content (AvgIpc) is 2.70. The molecule has 3 nitrogen and oxygen atoms in total. The summed E-state index contributed by atoms with van der Waals surface area (Å²) in [7, 11) is 1.47. The van der Waals surface area contributed by atoms with Crippen molar-refractivity contribution in [3.63, 3.8) is 0 Å². The Morgan fingerprint density at radius 2 is 1.44 bits per heavy atom. The topological polar surface area (TPSA) is 26.3 Å². The zero-order chi connectivity index (χ0) is 19.2. The molecule has 3 heteroatoms. The number of esters is 1. The van der Waals surface area contributed by atoms with Crippen LogP contribution in [0.1, 0.15) is 82.6 Å². The molecule has 0 aliphatic carbocycles. The molecular weight excluding hydrogens is 334 g/mol. The van der Waals surface area contributed by atoms with Crippen LogP contribution >= 0.6 is 0 Å². The number of nitrogens with zero attached hydrogens (tertiary/aromatic N) is 1. The van der Waals surface area contributed by atoms with Gasteiger partial charge in [-0.2, -0.15) is 0 Å². The van der Waals surface area contributed by atoms with E-state index in [1.165, 1.54) is 101 Å². The third-order valence-electron chi connectivity index (χ3n) is 6.12. The molecule has 1 aliphatic heterocycles. The van der Waals surface area contributed by atoms with Crippen molar-refractivity contribution in [3.05, 3.63) is 35.9 Å². The van der Waals surface area contributed by atoms with Gasteiger partial charge in [0.25, 0.3) is 0 Å². The van der Waals surface area contributed by atoms with E-state index in [9.17, 15) is 4.79 Å². The summed E-state index contributed by atoms with van der Waals surface area (Å²) in [5.41, 5.74) is 1.51. The van der Waals surface area contributed by atoms with Gasteiger partial charge in [0.2, 0.25) is 0 Å². The first-order valence-corrected chi connectivity index (χ1v) is 11.2. The quantitative estimate of drug-likeness (QED) is 0.245. The van der Waals surface area contributed by atoms with Crippen LogP contribution in [0.25, 0.3) is 0 Å². The second-order valence-electron chi connectivity index (χ2n) is 8.37. The largest absolute Gasteiger partial charge is 0.469 e. The predicted octanol–water partition coefficient (Wildman–Crippen LogP) is 5.87. The Balaban J connectivity index is 1.57. The maximum absolute atomic E-state index is 11.1. The highest BCUT2D eigenvalue weighted by Gasteiger charge is 2.29. The molecule has 2 rings (SSSR count). The van der Waals surface area contributed by atoms with Gasteiger partial charge in [-0.25, -0.2) is 0 Å². The molecule has 152 valence electrons. The Labute approximate surface area is 166 Å². The minimum atomic E-state index is -0.0692. The second-order valence-corrected chi connectivity index (χ2v) is 8.37. The van der Waals surface area contributed by atoms with Crippen LogP contribution in [-0.4, -0.2) is 37.2 Å². The smallest absolute Gasteiger partial charge is 0.305 e. The van der Waals surface area contributed by atoms with Gasteiger partial charge in [0.15, 0.2) is 0 Å². The maximum atomic E-state index is 11.1. The van der Waals surface area contributed by atoms with Crippen molar-refractivity contribution in [2.75, 3.05) is 26.7 Å². The van der Waals surface area contributed by atoms with E-state index in [-0.39, 0.29) is 5.97 Å². The Morgan fingerprint density at radius 3 is 2.07 bits per heavy atom. The number of likely N-dealkylation sites (tertiary alicyclic amines) is 1. The molecule has 0 N–H and O–H groups in total. The van der Waals surface area contributed by atoms with E-state index >= 15 is 0 Å². The summed E-state index contributed by atoms with van der Waals surface area (Å²) in [4.78, 5) is 11.1. The van der Waals surface area contributed by atoms with Crippen LogP contribution in [0.2, 0.25) is 0 Å². The third kappa shape index (κ3) is 8.92. The number of quaternary nitrogens is 1. The van der Waals surface area contributed by atoms with Gasteiger partial charge in [-0.05, 0) is 38.5 Å². The average molecular weight is 375 g/mol. The summed E-state index contributed by atoms with van der Waals surface area (Å²) in [6.07, 6.45) is 15.0. The van der Waals surface area contributed by atoms with E-state index in [1.54, 1.807) is 0 Å². The summed E-state index contributed by atoms with van der Waals surface area (Å²) in [5, 5.41) is 0. The van der Waals surface area contributed by atoms with Crippen molar-refractivity contribution in [2.45, 2.75) is 83.6 Å². The number of hydrogen-bond donors (Lipinski definition) is 0. The third-order valence-corrected chi connectivity index (χ3v) is 6.12. The highest BCUT2D eigenvalue weighted by atomic mass is 16.5. The van der Waals surface area contributed by atoms with Crippen LogP contribution in [0, 0.1) is 0 Å². The van der Waals surface area contributed by atoms with E-state index in [4.69, 9.17) is 0 Å². The monoisotopic (exact) mass is 374 g/mol. The molecule has 1 aliphatic rings. The molecule has 0 bridgehead atoms. The Hall–Kier alpha value is -1.35. The number of carbonyl (C=O) groups is 1. The molecule has 0 saturated carbocycles. The minimum absolute atomic E-state index is 0.0692. The Kier molecular flexibility index (Phi) is 10.5. The van der Waals surface area contributed by atoms with Gasteiger partial charge in [-0.3, -0.25) is 4.79 Å². The van der Waals surface area contributed by atoms with E-state index in [1.807, 2.05) is 0 Å². The molecule has 1 aromatic rings. The van der Waals surface area contributed by atoms with Gasteiger partial charge < -0.3 is 9.22 Å². The lowest BCUT2D eigenvalue weighted by Gasteiger charge is -2.42. The van der Waals surface area contributed by atoms with Gasteiger partial charge in [0.1, 0.15) is 6.54 Å². The molecule has 0 aromatic heterocycles. The number of carbonyl (C=O) groups excluding carboxylic acids is 1. The van der Waals surface area contributed by atoms with Crippen molar-refractivity contribution in [2.24, 2.45) is 0 Å². The van der Waals surface area contributed by atoms with Crippen molar-refractivity contribution in [1.29, 1.82) is 0 Å². The fraction of sp³-hybridized carbons (Fsp3) is 0.708. The molecule has 27 heavy (non-hydrogen) atoms. The van der Waals surface area contributed by atoms with Crippen molar-refractivity contribution in [3.8, 4) is 0 Å². The molecule has 0 unspecified atom stereocenters. The first-order chi connectivity index (χ1) is 13.2. The zero-order valence-electron chi connectivity index (χ0n) is 17.5. The first kappa shape index (κ1) is 21.9. The molecule has 1 saturated heterocycles. The molecule has 0 amide bonds. The van der Waals surface area contributed by atoms with Gasteiger partial charge in [0.05, 0.1) is 26.7 Å². The van der Waals surface area contributed by atoms with Crippen LogP contribution < -0.4 is 0 Å². The fourth-order valence-electron chi connectivity index (χ4n) is 4.49. The van der Waals surface area contributed by atoms with Gasteiger partial charge in [0, 0.05) is 12.0 Å². The lowest BCUT2D eigenvalue weighted by molar-refractivity contribution is -0.945. The van der Waals surface area contributed by atoms with E-state index in [0.29, 0.717) is 6.42 Å². The minimum Gasteiger partial charge on any atom is -0.469 e. The summed E-state index contributed by atoms with van der Waals surface area (Å²) in [6.45, 7) is 5.32. The molecule has 1 heterocycles. The van der Waals surface area contributed by atoms with Crippen LogP contribution in [0.4, 0.5) is 0 Å². The number of unbranched alkanes of at least 4 members (excludes halogenated alkanes) is 7. The number of piperidine rings is 1. The van der Waals surface area contributed by atoms with E-state index in [0.717, 1.165) is 12.8 Å². The van der Waals surface area contributed by atoms with Crippen LogP contribution in [0.3, 0.4) is 0 Å². The zero-order valence-corrected chi connectivity index (χ0v) is 17.5. The predicted molar refractivity (Wildman–Crippen MR) is 112 cm³/mol. The number of benzene rings is 1. The van der Waals surface area contributed by atoms with Crippen LogP contribution in [0.15, 0.2) is 30.3 Å². The molecule has 0 radical (unpaired) electrons. The standard InChI is InChI=1S/C24H40NO2/c1-27-24(26)18-12-6-4-2-3-5-7-13-19-25(20-14-9-15-21-25)22-23-16-10-8-11-17-23/h8,10-11,16-17H,2-7,9,12-15,18-22H2,1H3/q+1. The molecule has 1 fully saturated rings. The van der Waals surface area contributed by atoms with Crippen molar-refractivity contribution < 1.29 is 14.0 Å². The number of rotatable bonds is 13. The molecule has 0 atom stereocenters. The second kappa shape index (κ2) is 12.9. The van der Waals surface area contributed by atoms with Crippen LogP contribution in [0.5, 0.6) is 0 Å². The molecular formula is C24H40NO2+. The fourth-order valence-corrected chi connectivity index (χ4v) is 4.49. The molecule has 1 aromatic carbocycles. The summed E-state index contributed by atoms with van der Waals surface area (Å²) in [6, 6.07) is 11.1. The van der Waals surface area contributed by atoms with Gasteiger partial charge in [-0.1, -0.05) is 62.4 Å². The normalized spacial score (nSPS) is 16.2. The van der Waals surface area contributed by atoms with Crippen LogP contribution in [-0.2, 0) is 16.1 Å². The summed E-state index contributed by atoms with van der Waals surface area (Å²) >= 11 is 0. The van der Waals surface area contributed by atoms with E-state index < -0.39 is 0 Å². The Bertz CT molecular complexity index is 508. The first-order valence-electron chi connectivity index (χ1n) is 11.2. The number of methoxy groups -OCH3 is 1. The van der Waals surface area contributed by atoms with Crippen molar-refractivity contribution in [1.82, 2.24) is 0 Å². The maximum Gasteiger partial charge on any atom is 0.305 e. The lowest BCUT2D eigenvalue weighted by Crippen LogP contribution is -2.51. The van der Waals surface area contributed by atoms with Crippen molar-refractivity contribution >= 4 is 5.97 Å². The summed E-state index contributed by atoms with van der Waals surface area (Å²) in [5.74, 6) is -0.0692. The highest BCUT2D eigenvalue weighted by Crippen LogP contribution is 2.24. The Morgan fingerprint density at radius 1 is 0.852 bits per heavy atom. The lowest BCUT2D eigenvalue weighted by atomic mass is 10.0. The van der Waals surface area contributed by atoms with E-state index in [2.05, 4.69) is 35.1 Å².